The van der Waals surface area contributed by atoms with Gasteiger partial charge >= 0.3 is 0 Å². The molecule has 1 aromatic carbocycles. The molecular formula is C22H32N2O4. The first kappa shape index (κ1) is 19.8. The third kappa shape index (κ3) is 5.11. The van der Waals surface area contributed by atoms with Crippen LogP contribution in [0.5, 0.6) is 0 Å². The van der Waals surface area contributed by atoms with E-state index in [1.165, 1.54) is 0 Å². The molecular weight excluding hydrogens is 356 g/mol. The van der Waals surface area contributed by atoms with Crippen LogP contribution in [0, 0.1) is 0 Å². The van der Waals surface area contributed by atoms with Crippen LogP contribution in [-0.4, -0.2) is 80.5 Å². The predicted molar refractivity (Wildman–Crippen MR) is 106 cm³/mol. The standard InChI is InChI=1S/C22H32N2O4/c25-22(21-6-2-1-4-18(21)16-23-11-14-26-15-12-23)24-9-7-19(8-10-24)28-17-20-5-3-13-27-20/h1-2,4,6,19-20H,3,5,7-17H2/t20-/m1/s1. The third-order valence-electron chi connectivity index (χ3n) is 6.02. The van der Waals surface area contributed by atoms with E-state index in [1.807, 2.05) is 23.1 Å². The van der Waals surface area contributed by atoms with Crippen molar-refractivity contribution in [3.05, 3.63) is 35.4 Å². The summed E-state index contributed by atoms with van der Waals surface area (Å²) >= 11 is 0. The molecule has 154 valence electrons. The number of nitrogens with zero attached hydrogens (tertiary/aromatic N) is 2. The average Bonchev–Trinajstić information content (AvgIpc) is 3.27. The van der Waals surface area contributed by atoms with Crippen LogP contribution in [0.4, 0.5) is 0 Å². The van der Waals surface area contributed by atoms with Gasteiger partial charge in [0.05, 0.1) is 32.0 Å². The quantitative estimate of drug-likeness (QED) is 0.749. The molecule has 3 saturated heterocycles. The van der Waals surface area contributed by atoms with Gasteiger partial charge in [0.2, 0.25) is 0 Å². The number of rotatable bonds is 6. The Kier molecular flexibility index (Phi) is 6.96. The van der Waals surface area contributed by atoms with Crippen LogP contribution in [0.1, 0.15) is 41.6 Å². The van der Waals surface area contributed by atoms with Gasteiger partial charge in [-0.2, -0.15) is 0 Å². The number of piperidine rings is 1. The van der Waals surface area contributed by atoms with Crippen LogP contribution < -0.4 is 0 Å². The monoisotopic (exact) mass is 388 g/mol. The molecule has 6 heteroatoms. The lowest BCUT2D eigenvalue weighted by molar-refractivity contribution is -0.0395. The Hall–Kier alpha value is -1.47. The Morgan fingerprint density at radius 2 is 1.82 bits per heavy atom. The van der Waals surface area contributed by atoms with Gasteiger partial charge in [0.15, 0.2) is 0 Å². The normalized spacial score (nSPS) is 24.6. The van der Waals surface area contributed by atoms with Gasteiger partial charge in [-0.05, 0) is 37.3 Å². The molecule has 0 unspecified atom stereocenters. The molecule has 0 N–H and O–H groups in total. The first-order chi connectivity index (χ1) is 13.8. The van der Waals surface area contributed by atoms with E-state index in [0.717, 1.165) is 89.4 Å². The van der Waals surface area contributed by atoms with E-state index in [2.05, 4.69) is 11.0 Å². The largest absolute Gasteiger partial charge is 0.379 e. The number of hydrogen-bond donors (Lipinski definition) is 0. The lowest BCUT2D eigenvalue weighted by Gasteiger charge is -2.33. The van der Waals surface area contributed by atoms with E-state index in [0.29, 0.717) is 6.61 Å². The maximum atomic E-state index is 13.2. The minimum Gasteiger partial charge on any atom is -0.379 e. The Morgan fingerprint density at radius 1 is 1.04 bits per heavy atom. The number of ether oxygens (including phenoxy) is 3. The Balaban J connectivity index is 1.30. The van der Waals surface area contributed by atoms with Crippen molar-refractivity contribution < 1.29 is 19.0 Å². The van der Waals surface area contributed by atoms with Gasteiger partial charge in [0.25, 0.3) is 5.91 Å². The summed E-state index contributed by atoms with van der Waals surface area (Å²) in [5, 5.41) is 0. The molecule has 3 heterocycles. The maximum absolute atomic E-state index is 13.2. The van der Waals surface area contributed by atoms with Gasteiger partial charge < -0.3 is 19.1 Å². The molecule has 0 radical (unpaired) electrons. The molecule has 1 atom stereocenters. The van der Waals surface area contributed by atoms with Crippen LogP contribution in [0.3, 0.4) is 0 Å². The summed E-state index contributed by atoms with van der Waals surface area (Å²) in [6.07, 6.45) is 4.58. The van der Waals surface area contributed by atoms with Gasteiger partial charge in [-0.25, -0.2) is 0 Å². The van der Waals surface area contributed by atoms with Crippen LogP contribution in [-0.2, 0) is 20.8 Å². The molecule has 0 spiro atoms. The van der Waals surface area contributed by atoms with Gasteiger partial charge in [0.1, 0.15) is 0 Å². The highest BCUT2D eigenvalue weighted by atomic mass is 16.5. The van der Waals surface area contributed by atoms with Gasteiger partial charge in [-0.1, -0.05) is 18.2 Å². The lowest BCUT2D eigenvalue weighted by atomic mass is 10.0. The second-order valence-electron chi connectivity index (χ2n) is 8.01. The number of likely N-dealkylation sites (tertiary alicyclic amines) is 1. The third-order valence-corrected chi connectivity index (χ3v) is 6.02. The van der Waals surface area contributed by atoms with Crippen molar-refractivity contribution >= 4 is 5.91 Å². The summed E-state index contributed by atoms with van der Waals surface area (Å²) < 4.78 is 17.1. The summed E-state index contributed by atoms with van der Waals surface area (Å²) in [4.78, 5) is 17.5. The highest BCUT2D eigenvalue weighted by molar-refractivity contribution is 5.95. The molecule has 4 rings (SSSR count). The Labute approximate surface area is 167 Å². The zero-order valence-electron chi connectivity index (χ0n) is 16.7. The van der Waals surface area contributed by atoms with Crippen LogP contribution in [0.2, 0.25) is 0 Å². The highest BCUT2D eigenvalue weighted by Gasteiger charge is 2.27. The second kappa shape index (κ2) is 9.83. The fourth-order valence-corrected chi connectivity index (χ4v) is 4.28. The summed E-state index contributed by atoms with van der Waals surface area (Å²) in [5.41, 5.74) is 1.96. The topological polar surface area (TPSA) is 51.2 Å². The summed E-state index contributed by atoms with van der Waals surface area (Å²) in [5.74, 6) is 0.154. The number of carbonyl (C=O) groups excluding carboxylic acids is 1. The van der Waals surface area contributed by atoms with E-state index >= 15 is 0 Å². The fourth-order valence-electron chi connectivity index (χ4n) is 4.28. The van der Waals surface area contributed by atoms with E-state index < -0.39 is 0 Å². The van der Waals surface area contributed by atoms with Crippen LogP contribution in [0.15, 0.2) is 24.3 Å². The lowest BCUT2D eigenvalue weighted by Crippen LogP contribution is -2.42. The molecule has 1 amide bonds. The van der Waals surface area contributed by atoms with Crippen molar-refractivity contribution in [2.75, 3.05) is 52.6 Å². The number of morpholine rings is 1. The van der Waals surface area contributed by atoms with E-state index in [-0.39, 0.29) is 18.1 Å². The minimum atomic E-state index is 0.154. The van der Waals surface area contributed by atoms with Crippen molar-refractivity contribution in [3.8, 4) is 0 Å². The Bertz CT molecular complexity index is 633. The number of benzene rings is 1. The highest BCUT2D eigenvalue weighted by Crippen LogP contribution is 2.21. The average molecular weight is 389 g/mol. The van der Waals surface area contributed by atoms with E-state index in [1.54, 1.807) is 0 Å². The SMILES string of the molecule is O=C(c1ccccc1CN1CCOCC1)N1CCC(OC[C@H]2CCCO2)CC1. The van der Waals surface area contributed by atoms with Crippen molar-refractivity contribution in [2.24, 2.45) is 0 Å². The number of amides is 1. The summed E-state index contributed by atoms with van der Waals surface area (Å²) in [6, 6.07) is 8.05. The van der Waals surface area contributed by atoms with E-state index in [9.17, 15) is 4.79 Å². The fraction of sp³-hybridized carbons (Fsp3) is 0.682. The minimum absolute atomic E-state index is 0.154. The molecule has 0 bridgehead atoms. The van der Waals surface area contributed by atoms with Crippen LogP contribution >= 0.6 is 0 Å². The van der Waals surface area contributed by atoms with Crippen molar-refractivity contribution in [3.63, 3.8) is 0 Å². The predicted octanol–water partition coefficient (Wildman–Crippen LogP) is 2.32. The molecule has 6 nitrogen and oxygen atoms in total. The summed E-state index contributed by atoms with van der Waals surface area (Å²) in [6.45, 7) is 7.30. The molecule has 0 aromatic heterocycles. The number of carbonyl (C=O) groups is 1. The smallest absolute Gasteiger partial charge is 0.254 e. The van der Waals surface area contributed by atoms with Crippen molar-refractivity contribution in [1.82, 2.24) is 9.80 Å². The zero-order valence-corrected chi connectivity index (χ0v) is 16.7. The Morgan fingerprint density at radius 3 is 2.57 bits per heavy atom. The van der Waals surface area contributed by atoms with Crippen molar-refractivity contribution in [1.29, 1.82) is 0 Å². The first-order valence-electron chi connectivity index (χ1n) is 10.7. The molecule has 3 fully saturated rings. The molecule has 3 aliphatic heterocycles. The van der Waals surface area contributed by atoms with Gasteiger partial charge in [-0.15, -0.1) is 0 Å². The molecule has 1 aromatic rings. The second-order valence-corrected chi connectivity index (χ2v) is 8.01. The van der Waals surface area contributed by atoms with Crippen molar-refractivity contribution in [2.45, 2.75) is 44.4 Å². The van der Waals surface area contributed by atoms with Gasteiger partial charge in [-0.3, -0.25) is 9.69 Å². The van der Waals surface area contributed by atoms with Gasteiger partial charge in [0, 0.05) is 44.9 Å². The van der Waals surface area contributed by atoms with E-state index in [4.69, 9.17) is 14.2 Å². The number of hydrogen-bond acceptors (Lipinski definition) is 5. The maximum Gasteiger partial charge on any atom is 0.254 e. The van der Waals surface area contributed by atoms with Crippen LogP contribution in [0.25, 0.3) is 0 Å². The summed E-state index contributed by atoms with van der Waals surface area (Å²) in [7, 11) is 0. The molecule has 3 aliphatic rings. The molecule has 0 aliphatic carbocycles. The first-order valence-corrected chi connectivity index (χ1v) is 10.7. The molecule has 0 saturated carbocycles. The molecule has 28 heavy (non-hydrogen) atoms. The zero-order chi connectivity index (χ0) is 19.2.